The number of hydrogen-bond acceptors (Lipinski definition) is 4. The Hall–Kier alpha value is -0.0600. The molecule has 11 heavy (non-hydrogen) atoms. The molecule has 0 amide bonds. The molecular formula is C7H15NO2S. The van der Waals surface area contributed by atoms with Crippen molar-refractivity contribution in [1.82, 2.24) is 0 Å². The minimum absolute atomic E-state index is 0.217. The van der Waals surface area contributed by atoms with E-state index in [1.54, 1.807) is 18.7 Å². The van der Waals surface area contributed by atoms with Crippen molar-refractivity contribution in [3.05, 3.63) is 0 Å². The zero-order valence-corrected chi connectivity index (χ0v) is 7.65. The normalized spacial score (nSPS) is 10.0. The predicted molar refractivity (Wildman–Crippen MR) is 47.9 cm³/mol. The Bertz CT molecular complexity index is 109. The van der Waals surface area contributed by atoms with Crippen molar-refractivity contribution in [2.45, 2.75) is 6.92 Å². The monoisotopic (exact) mass is 177 g/mol. The van der Waals surface area contributed by atoms with Gasteiger partial charge in [-0.15, -0.1) is 0 Å². The third kappa shape index (κ3) is 9.94. The van der Waals surface area contributed by atoms with E-state index in [9.17, 15) is 4.79 Å². The molecule has 4 heteroatoms. The fraction of sp³-hybridized carbons (Fsp3) is 0.857. The van der Waals surface area contributed by atoms with Crippen LogP contribution in [0.25, 0.3) is 0 Å². The van der Waals surface area contributed by atoms with Crippen molar-refractivity contribution in [1.29, 1.82) is 0 Å². The molecule has 0 aromatic rings. The van der Waals surface area contributed by atoms with Crippen LogP contribution in [-0.2, 0) is 9.53 Å². The fourth-order valence-corrected chi connectivity index (χ4v) is 1.19. The lowest BCUT2D eigenvalue weighted by molar-refractivity contribution is -0.114. The smallest absolute Gasteiger partial charge is 0.139 e. The summed E-state index contributed by atoms with van der Waals surface area (Å²) in [6.07, 6.45) is 0. The minimum Gasteiger partial charge on any atom is -0.379 e. The lowest BCUT2D eigenvalue weighted by Crippen LogP contribution is -2.10. The van der Waals surface area contributed by atoms with Crippen molar-refractivity contribution in [2.75, 3.05) is 31.3 Å². The summed E-state index contributed by atoms with van der Waals surface area (Å²) in [5, 5.41) is 0. The Morgan fingerprint density at radius 1 is 1.55 bits per heavy atom. The van der Waals surface area contributed by atoms with E-state index < -0.39 is 0 Å². The Morgan fingerprint density at radius 3 is 2.82 bits per heavy atom. The van der Waals surface area contributed by atoms with Crippen LogP contribution in [0.2, 0.25) is 0 Å². The molecule has 66 valence electrons. The lowest BCUT2D eigenvalue weighted by Gasteiger charge is -2.00. The summed E-state index contributed by atoms with van der Waals surface area (Å²) in [5.74, 6) is 1.68. The topological polar surface area (TPSA) is 52.3 Å². The molecule has 2 N–H and O–H groups in total. The van der Waals surface area contributed by atoms with Gasteiger partial charge in [0.15, 0.2) is 0 Å². The molecule has 0 aromatic heterocycles. The molecule has 0 aliphatic rings. The van der Waals surface area contributed by atoms with Crippen LogP contribution in [0.5, 0.6) is 0 Å². The molecule has 0 heterocycles. The molecular weight excluding hydrogens is 162 g/mol. The van der Waals surface area contributed by atoms with E-state index in [-0.39, 0.29) is 5.78 Å². The molecule has 0 aliphatic heterocycles. The van der Waals surface area contributed by atoms with Crippen LogP contribution < -0.4 is 5.73 Å². The van der Waals surface area contributed by atoms with Gasteiger partial charge in [0.2, 0.25) is 0 Å². The molecule has 0 radical (unpaired) electrons. The first kappa shape index (κ1) is 10.9. The highest BCUT2D eigenvalue weighted by atomic mass is 32.2. The van der Waals surface area contributed by atoms with Crippen molar-refractivity contribution in [2.24, 2.45) is 5.73 Å². The quantitative estimate of drug-likeness (QED) is 0.568. The molecule has 0 spiro atoms. The van der Waals surface area contributed by atoms with Gasteiger partial charge in [-0.1, -0.05) is 0 Å². The summed E-state index contributed by atoms with van der Waals surface area (Å²) in [6.45, 7) is 3.46. The van der Waals surface area contributed by atoms with Crippen molar-refractivity contribution < 1.29 is 9.53 Å². The highest BCUT2D eigenvalue weighted by Gasteiger charge is 1.92. The molecule has 0 unspecified atom stereocenters. The van der Waals surface area contributed by atoms with Gasteiger partial charge in [-0.05, 0) is 6.92 Å². The van der Waals surface area contributed by atoms with Gasteiger partial charge >= 0.3 is 0 Å². The van der Waals surface area contributed by atoms with Gasteiger partial charge in [0.1, 0.15) is 5.78 Å². The number of carbonyl (C=O) groups excluding carboxylic acids is 1. The number of rotatable bonds is 7. The Morgan fingerprint density at radius 2 is 2.27 bits per heavy atom. The van der Waals surface area contributed by atoms with Crippen LogP contribution in [-0.4, -0.2) is 37.0 Å². The van der Waals surface area contributed by atoms with Crippen LogP contribution in [0.1, 0.15) is 6.92 Å². The van der Waals surface area contributed by atoms with Crippen molar-refractivity contribution in [3.8, 4) is 0 Å². The van der Waals surface area contributed by atoms with E-state index in [2.05, 4.69) is 0 Å². The second-order valence-electron chi connectivity index (χ2n) is 2.16. The van der Waals surface area contributed by atoms with E-state index in [0.29, 0.717) is 25.5 Å². The molecule has 0 saturated carbocycles. The summed E-state index contributed by atoms with van der Waals surface area (Å²) in [7, 11) is 0. The number of ketones is 1. The summed E-state index contributed by atoms with van der Waals surface area (Å²) in [6, 6.07) is 0. The van der Waals surface area contributed by atoms with E-state index in [1.165, 1.54) is 0 Å². The maximum atomic E-state index is 10.5. The molecule has 0 saturated heterocycles. The zero-order chi connectivity index (χ0) is 8.53. The Balaban J connectivity index is 2.85. The third-order valence-corrected chi connectivity index (χ3v) is 2.01. The predicted octanol–water partition coefficient (Wildman–Crippen LogP) is 0.284. The number of hydrogen-bond donors (Lipinski definition) is 1. The maximum absolute atomic E-state index is 10.5. The van der Waals surface area contributed by atoms with E-state index in [1.807, 2.05) is 0 Å². The average molecular weight is 177 g/mol. The largest absolute Gasteiger partial charge is 0.379 e. The number of carbonyl (C=O) groups is 1. The third-order valence-electron chi connectivity index (χ3n) is 0.940. The number of nitrogens with two attached hydrogens (primary N) is 1. The standard InChI is InChI=1S/C7H15NO2S/c1-7(9)6-11-5-4-10-3-2-8/h2-6,8H2,1H3. The van der Waals surface area contributed by atoms with Gasteiger partial charge in [0.25, 0.3) is 0 Å². The van der Waals surface area contributed by atoms with Crippen LogP contribution in [0, 0.1) is 0 Å². The minimum atomic E-state index is 0.217. The van der Waals surface area contributed by atoms with Gasteiger partial charge in [-0.3, -0.25) is 4.79 Å². The molecule has 0 rings (SSSR count). The molecule has 0 fully saturated rings. The summed E-state index contributed by atoms with van der Waals surface area (Å²) in [4.78, 5) is 10.5. The SMILES string of the molecule is CC(=O)CSCCOCCN. The van der Waals surface area contributed by atoms with Gasteiger partial charge in [0.05, 0.1) is 19.0 Å². The van der Waals surface area contributed by atoms with Crippen LogP contribution in [0.4, 0.5) is 0 Å². The first-order valence-electron chi connectivity index (χ1n) is 3.62. The van der Waals surface area contributed by atoms with Crippen molar-refractivity contribution in [3.63, 3.8) is 0 Å². The first-order chi connectivity index (χ1) is 5.27. The highest BCUT2D eigenvalue weighted by Crippen LogP contribution is 1.98. The van der Waals surface area contributed by atoms with E-state index in [0.717, 1.165) is 5.75 Å². The molecule has 0 aliphatic carbocycles. The Kier molecular flexibility index (Phi) is 8.00. The molecule has 0 aromatic carbocycles. The second kappa shape index (κ2) is 8.04. The van der Waals surface area contributed by atoms with Crippen LogP contribution in [0.3, 0.4) is 0 Å². The van der Waals surface area contributed by atoms with Gasteiger partial charge in [-0.25, -0.2) is 0 Å². The van der Waals surface area contributed by atoms with Crippen molar-refractivity contribution >= 4 is 17.5 Å². The average Bonchev–Trinajstić information content (AvgIpc) is 1.96. The van der Waals surface area contributed by atoms with Crippen LogP contribution >= 0.6 is 11.8 Å². The van der Waals surface area contributed by atoms with Gasteiger partial charge in [0, 0.05) is 12.3 Å². The first-order valence-corrected chi connectivity index (χ1v) is 4.78. The maximum Gasteiger partial charge on any atom is 0.139 e. The lowest BCUT2D eigenvalue weighted by atomic mass is 10.5. The number of Topliss-reactive ketones (excluding diaryl/α,β-unsaturated/α-hetero) is 1. The highest BCUT2D eigenvalue weighted by molar-refractivity contribution is 7.99. The molecule has 0 atom stereocenters. The second-order valence-corrected chi connectivity index (χ2v) is 3.26. The molecule has 3 nitrogen and oxygen atoms in total. The van der Waals surface area contributed by atoms with Crippen LogP contribution in [0.15, 0.2) is 0 Å². The fourth-order valence-electron chi connectivity index (χ4n) is 0.519. The zero-order valence-electron chi connectivity index (χ0n) is 6.84. The number of ether oxygens (including phenoxy) is 1. The number of thioether (sulfide) groups is 1. The van der Waals surface area contributed by atoms with E-state index in [4.69, 9.17) is 10.5 Å². The van der Waals surface area contributed by atoms with E-state index >= 15 is 0 Å². The summed E-state index contributed by atoms with van der Waals surface area (Å²) in [5.41, 5.74) is 5.21. The molecule has 0 bridgehead atoms. The van der Waals surface area contributed by atoms with Gasteiger partial charge < -0.3 is 10.5 Å². The van der Waals surface area contributed by atoms with Gasteiger partial charge in [-0.2, -0.15) is 11.8 Å². The summed E-state index contributed by atoms with van der Waals surface area (Å²) >= 11 is 1.60. The Labute approximate surface area is 71.7 Å². The summed E-state index contributed by atoms with van der Waals surface area (Å²) < 4.78 is 5.11.